The van der Waals surface area contributed by atoms with Crippen molar-refractivity contribution in [2.45, 2.75) is 24.6 Å². The summed E-state index contributed by atoms with van der Waals surface area (Å²) in [4.78, 5) is 12.0. The molecule has 8 heteroatoms. The number of rotatable bonds is 7. The lowest BCUT2D eigenvalue weighted by Gasteiger charge is -2.14. The lowest BCUT2D eigenvalue weighted by atomic mass is 10.2. The molecule has 1 aliphatic carbocycles. The van der Waals surface area contributed by atoms with Gasteiger partial charge in [-0.15, -0.1) is 0 Å². The highest BCUT2D eigenvalue weighted by molar-refractivity contribution is 5.82. The first-order valence-electron chi connectivity index (χ1n) is 8.14. The quantitative estimate of drug-likeness (QED) is 0.787. The number of hydrogen-bond acceptors (Lipinski definition) is 4. The molecular formula is C18H18F3NO4. The zero-order chi connectivity index (χ0) is 18.7. The van der Waals surface area contributed by atoms with Crippen molar-refractivity contribution in [3.63, 3.8) is 0 Å². The van der Waals surface area contributed by atoms with Gasteiger partial charge < -0.3 is 19.6 Å². The summed E-state index contributed by atoms with van der Waals surface area (Å²) in [5.74, 6) is 0.453. The summed E-state index contributed by atoms with van der Waals surface area (Å²) in [7, 11) is 0. The Morgan fingerprint density at radius 3 is 2.85 bits per heavy atom. The number of aliphatic hydroxyl groups excluding tert-OH is 1. The molecule has 1 aliphatic rings. The van der Waals surface area contributed by atoms with Gasteiger partial charge in [0.15, 0.2) is 0 Å². The van der Waals surface area contributed by atoms with Crippen LogP contribution in [0.4, 0.5) is 13.2 Å². The molecule has 26 heavy (non-hydrogen) atoms. The maximum atomic E-state index is 12.6. The number of furan rings is 1. The SMILES string of the molecule is O=C(NC[C@H](O)COc1cccc(C(F)(F)F)c1)[C@@H]1C[C@@H]1c1ccco1. The molecule has 140 valence electrons. The van der Waals surface area contributed by atoms with Crippen LogP contribution in [0.5, 0.6) is 5.75 Å². The van der Waals surface area contributed by atoms with Gasteiger partial charge in [-0.25, -0.2) is 0 Å². The minimum Gasteiger partial charge on any atom is -0.491 e. The predicted molar refractivity (Wildman–Crippen MR) is 85.5 cm³/mol. The third-order valence-electron chi connectivity index (χ3n) is 4.15. The normalized spacial score (nSPS) is 20.5. The maximum absolute atomic E-state index is 12.6. The van der Waals surface area contributed by atoms with Crippen LogP contribution >= 0.6 is 0 Å². The first kappa shape index (κ1) is 18.3. The van der Waals surface area contributed by atoms with E-state index in [9.17, 15) is 23.1 Å². The average Bonchev–Trinajstić information content (AvgIpc) is 3.22. The highest BCUT2D eigenvalue weighted by atomic mass is 19.4. The Morgan fingerprint density at radius 2 is 2.15 bits per heavy atom. The summed E-state index contributed by atoms with van der Waals surface area (Å²) in [6.07, 6.45) is -3.25. The number of amides is 1. The second kappa shape index (κ2) is 7.41. The van der Waals surface area contributed by atoms with Crippen molar-refractivity contribution in [1.29, 1.82) is 0 Å². The van der Waals surface area contributed by atoms with E-state index in [-0.39, 0.29) is 36.6 Å². The Kier molecular flexibility index (Phi) is 5.22. The molecule has 5 nitrogen and oxygen atoms in total. The minimum atomic E-state index is -4.46. The van der Waals surface area contributed by atoms with E-state index in [0.29, 0.717) is 6.42 Å². The zero-order valence-electron chi connectivity index (χ0n) is 13.7. The molecule has 1 aromatic carbocycles. The van der Waals surface area contributed by atoms with Gasteiger partial charge in [0.2, 0.25) is 5.91 Å². The number of aliphatic hydroxyl groups is 1. The van der Waals surface area contributed by atoms with Crippen LogP contribution in [-0.4, -0.2) is 30.3 Å². The van der Waals surface area contributed by atoms with E-state index in [1.54, 1.807) is 12.3 Å². The number of benzene rings is 1. The van der Waals surface area contributed by atoms with Crippen LogP contribution in [0.15, 0.2) is 47.1 Å². The van der Waals surface area contributed by atoms with Gasteiger partial charge in [0.25, 0.3) is 0 Å². The third kappa shape index (κ3) is 4.57. The fourth-order valence-electron chi connectivity index (χ4n) is 2.66. The zero-order valence-corrected chi connectivity index (χ0v) is 13.7. The molecular weight excluding hydrogens is 351 g/mol. The molecule has 0 spiro atoms. The summed E-state index contributed by atoms with van der Waals surface area (Å²) in [6.45, 7) is -0.271. The fourth-order valence-corrected chi connectivity index (χ4v) is 2.66. The van der Waals surface area contributed by atoms with Gasteiger partial charge in [-0.1, -0.05) is 6.07 Å². The Balaban J connectivity index is 1.41. The summed E-state index contributed by atoms with van der Waals surface area (Å²) in [5.41, 5.74) is -0.824. The Labute approximate surface area is 147 Å². The monoisotopic (exact) mass is 369 g/mol. The summed E-state index contributed by atoms with van der Waals surface area (Å²) in [6, 6.07) is 7.98. The Bertz CT molecular complexity index is 745. The molecule has 0 unspecified atom stereocenters. The van der Waals surface area contributed by atoms with Crippen LogP contribution < -0.4 is 10.1 Å². The van der Waals surface area contributed by atoms with Crippen LogP contribution in [0.3, 0.4) is 0 Å². The molecule has 0 radical (unpaired) electrons. The van der Waals surface area contributed by atoms with Gasteiger partial charge in [0.1, 0.15) is 24.2 Å². The van der Waals surface area contributed by atoms with Gasteiger partial charge in [0, 0.05) is 18.4 Å². The smallest absolute Gasteiger partial charge is 0.416 e. The van der Waals surface area contributed by atoms with Crippen molar-refractivity contribution in [2.75, 3.05) is 13.2 Å². The van der Waals surface area contributed by atoms with E-state index in [2.05, 4.69) is 5.32 Å². The first-order chi connectivity index (χ1) is 12.3. The summed E-state index contributed by atoms with van der Waals surface area (Å²) < 4.78 is 48.3. The highest BCUT2D eigenvalue weighted by Crippen LogP contribution is 2.47. The van der Waals surface area contributed by atoms with E-state index < -0.39 is 17.8 Å². The number of alkyl halides is 3. The van der Waals surface area contributed by atoms with Crippen LogP contribution in [0, 0.1) is 5.92 Å². The number of hydrogen-bond donors (Lipinski definition) is 2. The van der Waals surface area contributed by atoms with Gasteiger partial charge >= 0.3 is 6.18 Å². The molecule has 1 amide bonds. The van der Waals surface area contributed by atoms with Crippen LogP contribution in [0.25, 0.3) is 0 Å². The van der Waals surface area contributed by atoms with Crippen LogP contribution in [-0.2, 0) is 11.0 Å². The topological polar surface area (TPSA) is 71.7 Å². The Morgan fingerprint density at radius 1 is 1.35 bits per heavy atom. The molecule has 2 N–H and O–H groups in total. The molecule has 3 atom stereocenters. The fraction of sp³-hybridized carbons (Fsp3) is 0.389. The third-order valence-corrected chi connectivity index (χ3v) is 4.15. The summed E-state index contributed by atoms with van der Waals surface area (Å²) in [5, 5.41) is 12.5. The largest absolute Gasteiger partial charge is 0.491 e. The highest BCUT2D eigenvalue weighted by Gasteiger charge is 2.45. The van der Waals surface area contributed by atoms with Crippen molar-refractivity contribution in [3.8, 4) is 5.75 Å². The van der Waals surface area contributed by atoms with Gasteiger partial charge in [-0.2, -0.15) is 13.2 Å². The van der Waals surface area contributed by atoms with Crippen molar-refractivity contribution in [1.82, 2.24) is 5.32 Å². The Hall–Kier alpha value is -2.48. The van der Waals surface area contributed by atoms with Crippen LogP contribution in [0.1, 0.15) is 23.7 Å². The van der Waals surface area contributed by atoms with E-state index in [0.717, 1.165) is 17.9 Å². The maximum Gasteiger partial charge on any atom is 0.416 e. The second-order valence-electron chi connectivity index (χ2n) is 6.20. The lowest BCUT2D eigenvalue weighted by molar-refractivity contribution is -0.137. The van der Waals surface area contributed by atoms with E-state index >= 15 is 0 Å². The van der Waals surface area contributed by atoms with E-state index in [1.165, 1.54) is 12.1 Å². The van der Waals surface area contributed by atoms with Gasteiger partial charge in [-0.05, 0) is 36.8 Å². The predicted octanol–water partition coefficient (Wildman–Crippen LogP) is 2.96. The second-order valence-corrected chi connectivity index (χ2v) is 6.20. The minimum absolute atomic E-state index is 0.00489. The standard InChI is InChI=1S/C18H18F3NO4/c19-18(20,21)11-3-1-4-13(7-11)26-10-12(23)9-22-17(24)15-8-14(15)16-5-2-6-25-16/h1-7,12,14-15,23H,8-10H2,(H,22,24)/t12-,14-,15+/m0/s1. The van der Waals surface area contributed by atoms with Gasteiger partial charge in [0.05, 0.1) is 11.8 Å². The molecule has 0 saturated heterocycles. The molecule has 0 aliphatic heterocycles. The molecule has 0 bridgehead atoms. The van der Waals surface area contributed by atoms with Crippen molar-refractivity contribution >= 4 is 5.91 Å². The van der Waals surface area contributed by atoms with Gasteiger partial charge in [-0.3, -0.25) is 4.79 Å². The van der Waals surface area contributed by atoms with E-state index in [1.807, 2.05) is 6.07 Å². The average molecular weight is 369 g/mol. The number of carbonyl (C=O) groups is 1. The number of carbonyl (C=O) groups excluding carboxylic acids is 1. The molecule has 1 aromatic heterocycles. The van der Waals surface area contributed by atoms with E-state index in [4.69, 9.17) is 9.15 Å². The molecule has 3 rings (SSSR count). The van der Waals surface area contributed by atoms with Crippen molar-refractivity contribution < 1.29 is 32.2 Å². The lowest BCUT2D eigenvalue weighted by Crippen LogP contribution is -2.36. The van der Waals surface area contributed by atoms with Crippen molar-refractivity contribution in [3.05, 3.63) is 54.0 Å². The number of halogens is 3. The number of nitrogens with one attached hydrogen (secondary N) is 1. The molecule has 1 heterocycles. The molecule has 2 aromatic rings. The van der Waals surface area contributed by atoms with Crippen LogP contribution in [0.2, 0.25) is 0 Å². The number of ether oxygens (including phenoxy) is 1. The molecule has 1 saturated carbocycles. The summed E-state index contributed by atoms with van der Waals surface area (Å²) >= 11 is 0. The first-order valence-corrected chi connectivity index (χ1v) is 8.14. The molecule has 1 fully saturated rings. The van der Waals surface area contributed by atoms with Crippen molar-refractivity contribution in [2.24, 2.45) is 5.92 Å².